The SMILES string of the molecule is N#Cc1cccc(CSc2nnc(-c3ccccc3)n2Cc2ccc3c(c2)OCO3)c1. The molecule has 0 atom stereocenters. The van der Waals surface area contributed by atoms with Crippen LogP contribution >= 0.6 is 11.8 Å². The number of nitrogens with zero attached hydrogens (tertiary/aromatic N) is 4. The second kappa shape index (κ2) is 8.54. The van der Waals surface area contributed by atoms with Crippen LogP contribution in [0.5, 0.6) is 11.5 Å². The van der Waals surface area contributed by atoms with Gasteiger partial charge in [0, 0.05) is 11.3 Å². The summed E-state index contributed by atoms with van der Waals surface area (Å²) >= 11 is 1.60. The molecule has 0 fully saturated rings. The Morgan fingerprint density at radius 3 is 2.65 bits per heavy atom. The highest BCUT2D eigenvalue weighted by molar-refractivity contribution is 7.98. The maximum absolute atomic E-state index is 9.15. The standard InChI is InChI=1S/C24H18N4O2S/c25-13-17-5-4-6-19(11-17)15-31-24-27-26-23(20-7-2-1-3-8-20)28(24)14-18-9-10-21-22(12-18)30-16-29-21/h1-12H,14-16H2. The lowest BCUT2D eigenvalue weighted by Crippen LogP contribution is -2.04. The van der Waals surface area contributed by atoms with Gasteiger partial charge in [0.2, 0.25) is 6.79 Å². The summed E-state index contributed by atoms with van der Waals surface area (Å²) in [7, 11) is 0. The number of fused-ring (bicyclic) bond motifs is 1. The molecule has 0 aliphatic carbocycles. The Morgan fingerprint density at radius 1 is 0.903 bits per heavy atom. The zero-order chi connectivity index (χ0) is 21.0. The van der Waals surface area contributed by atoms with E-state index in [2.05, 4.69) is 20.8 Å². The van der Waals surface area contributed by atoms with Crippen molar-refractivity contribution in [3.8, 4) is 29.0 Å². The predicted octanol–water partition coefficient (Wildman–Crippen LogP) is 4.89. The van der Waals surface area contributed by atoms with Crippen LogP contribution in [0.25, 0.3) is 11.4 Å². The van der Waals surface area contributed by atoms with Crippen LogP contribution in [0.2, 0.25) is 0 Å². The van der Waals surface area contributed by atoms with Gasteiger partial charge in [-0.15, -0.1) is 10.2 Å². The molecule has 7 heteroatoms. The lowest BCUT2D eigenvalue weighted by Gasteiger charge is -2.11. The predicted molar refractivity (Wildman–Crippen MR) is 118 cm³/mol. The first-order valence-electron chi connectivity index (χ1n) is 9.79. The largest absolute Gasteiger partial charge is 0.454 e. The number of hydrogen-bond donors (Lipinski definition) is 0. The fourth-order valence-electron chi connectivity index (χ4n) is 3.44. The first-order valence-corrected chi connectivity index (χ1v) is 10.8. The van der Waals surface area contributed by atoms with E-state index in [0.29, 0.717) is 17.9 Å². The van der Waals surface area contributed by atoms with Crippen molar-refractivity contribution >= 4 is 11.8 Å². The van der Waals surface area contributed by atoms with Gasteiger partial charge in [-0.05, 0) is 35.4 Å². The molecule has 0 radical (unpaired) electrons. The summed E-state index contributed by atoms with van der Waals surface area (Å²) in [6.45, 7) is 0.859. The number of rotatable bonds is 6. The van der Waals surface area contributed by atoms with Crippen LogP contribution in [-0.4, -0.2) is 21.6 Å². The summed E-state index contributed by atoms with van der Waals surface area (Å²) in [4.78, 5) is 0. The van der Waals surface area contributed by atoms with Gasteiger partial charge in [-0.25, -0.2) is 0 Å². The summed E-state index contributed by atoms with van der Waals surface area (Å²) in [5, 5.41) is 18.9. The second-order valence-corrected chi connectivity index (χ2v) is 7.99. The fourth-order valence-corrected chi connectivity index (χ4v) is 4.32. The van der Waals surface area contributed by atoms with Crippen molar-refractivity contribution in [2.24, 2.45) is 0 Å². The second-order valence-electron chi connectivity index (χ2n) is 7.05. The quantitative estimate of drug-likeness (QED) is 0.409. The van der Waals surface area contributed by atoms with Crippen molar-refractivity contribution in [1.82, 2.24) is 14.8 Å². The van der Waals surface area contributed by atoms with Crippen molar-refractivity contribution in [1.29, 1.82) is 5.26 Å². The Labute approximate surface area is 184 Å². The van der Waals surface area contributed by atoms with E-state index in [0.717, 1.165) is 39.2 Å². The molecule has 0 saturated heterocycles. The number of benzene rings is 3. The first-order chi connectivity index (χ1) is 15.3. The minimum Gasteiger partial charge on any atom is -0.454 e. The number of ether oxygens (including phenoxy) is 2. The van der Waals surface area contributed by atoms with Gasteiger partial charge >= 0.3 is 0 Å². The summed E-state index contributed by atoms with van der Waals surface area (Å²) in [6.07, 6.45) is 0. The molecule has 3 aromatic carbocycles. The Morgan fingerprint density at radius 2 is 1.77 bits per heavy atom. The average molecular weight is 427 g/mol. The van der Waals surface area contributed by atoms with Gasteiger partial charge in [-0.3, -0.25) is 4.57 Å². The number of aromatic nitrogens is 3. The highest BCUT2D eigenvalue weighted by atomic mass is 32.2. The maximum Gasteiger partial charge on any atom is 0.231 e. The van der Waals surface area contributed by atoms with E-state index in [9.17, 15) is 0 Å². The molecule has 31 heavy (non-hydrogen) atoms. The molecule has 0 amide bonds. The fraction of sp³-hybridized carbons (Fsp3) is 0.125. The van der Waals surface area contributed by atoms with Crippen LogP contribution in [0.4, 0.5) is 0 Å². The number of thioether (sulfide) groups is 1. The summed E-state index contributed by atoms with van der Waals surface area (Å²) < 4.78 is 13.1. The molecule has 0 bridgehead atoms. The smallest absolute Gasteiger partial charge is 0.231 e. The van der Waals surface area contributed by atoms with Crippen molar-refractivity contribution in [2.75, 3.05) is 6.79 Å². The highest BCUT2D eigenvalue weighted by Crippen LogP contribution is 2.34. The summed E-state index contributed by atoms with van der Waals surface area (Å²) in [6, 6.07) is 25.8. The highest BCUT2D eigenvalue weighted by Gasteiger charge is 2.18. The van der Waals surface area contributed by atoms with E-state index in [-0.39, 0.29) is 6.79 Å². The molecule has 1 aliphatic heterocycles. The molecule has 0 unspecified atom stereocenters. The molecule has 0 N–H and O–H groups in total. The van der Waals surface area contributed by atoms with E-state index in [4.69, 9.17) is 14.7 Å². The summed E-state index contributed by atoms with van der Waals surface area (Å²) in [5.74, 6) is 3.03. The van der Waals surface area contributed by atoms with Crippen LogP contribution in [0.1, 0.15) is 16.7 Å². The average Bonchev–Trinajstić information content (AvgIpc) is 3.45. The van der Waals surface area contributed by atoms with Crippen molar-refractivity contribution < 1.29 is 9.47 Å². The lowest BCUT2D eigenvalue weighted by atomic mass is 10.2. The van der Waals surface area contributed by atoms with E-state index >= 15 is 0 Å². The van der Waals surface area contributed by atoms with Gasteiger partial charge < -0.3 is 9.47 Å². The zero-order valence-electron chi connectivity index (χ0n) is 16.6. The van der Waals surface area contributed by atoms with E-state index in [1.807, 2.05) is 72.8 Å². The molecular weight excluding hydrogens is 408 g/mol. The normalized spacial score (nSPS) is 12.0. The van der Waals surface area contributed by atoms with Gasteiger partial charge in [-0.2, -0.15) is 5.26 Å². The van der Waals surface area contributed by atoms with E-state index < -0.39 is 0 Å². The van der Waals surface area contributed by atoms with E-state index in [1.54, 1.807) is 11.8 Å². The molecule has 6 nitrogen and oxygen atoms in total. The Kier molecular flexibility index (Phi) is 5.29. The van der Waals surface area contributed by atoms with Crippen molar-refractivity contribution in [2.45, 2.75) is 17.5 Å². The number of hydrogen-bond acceptors (Lipinski definition) is 6. The Hall–Kier alpha value is -3.76. The summed E-state index contributed by atoms with van der Waals surface area (Å²) in [5.41, 5.74) is 3.82. The third kappa shape index (κ3) is 4.11. The Bertz CT molecular complexity index is 1260. The monoisotopic (exact) mass is 426 g/mol. The molecule has 5 rings (SSSR count). The van der Waals surface area contributed by atoms with Crippen LogP contribution in [-0.2, 0) is 12.3 Å². The van der Waals surface area contributed by atoms with Crippen LogP contribution in [0, 0.1) is 11.3 Å². The molecule has 4 aromatic rings. The van der Waals surface area contributed by atoms with Crippen LogP contribution in [0.15, 0.2) is 78.0 Å². The van der Waals surface area contributed by atoms with Crippen LogP contribution < -0.4 is 9.47 Å². The molecular formula is C24H18N4O2S. The molecule has 1 aliphatic rings. The van der Waals surface area contributed by atoms with Crippen molar-refractivity contribution in [3.05, 3.63) is 89.5 Å². The minimum atomic E-state index is 0.254. The van der Waals surface area contributed by atoms with Gasteiger partial charge in [0.1, 0.15) is 0 Å². The van der Waals surface area contributed by atoms with Gasteiger partial charge in [-0.1, -0.05) is 60.3 Å². The molecule has 0 saturated carbocycles. The topological polar surface area (TPSA) is 73.0 Å². The third-order valence-corrected chi connectivity index (χ3v) is 5.99. The molecule has 0 spiro atoms. The van der Waals surface area contributed by atoms with Gasteiger partial charge in [0.25, 0.3) is 0 Å². The lowest BCUT2D eigenvalue weighted by molar-refractivity contribution is 0.174. The third-order valence-electron chi connectivity index (χ3n) is 4.95. The van der Waals surface area contributed by atoms with Gasteiger partial charge in [0.15, 0.2) is 22.5 Å². The van der Waals surface area contributed by atoms with Gasteiger partial charge in [0.05, 0.1) is 18.2 Å². The van der Waals surface area contributed by atoms with Crippen LogP contribution in [0.3, 0.4) is 0 Å². The Balaban J connectivity index is 1.46. The minimum absolute atomic E-state index is 0.254. The number of nitriles is 1. The molecule has 152 valence electrons. The zero-order valence-corrected chi connectivity index (χ0v) is 17.4. The maximum atomic E-state index is 9.15. The van der Waals surface area contributed by atoms with Crippen molar-refractivity contribution in [3.63, 3.8) is 0 Å². The first kappa shape index (κ1) is 19.2. The molecule has 2 heterocycles. The molecule has 1 aromatic heterocycles. The van der Waals surface area contributed by atoms with E-state index in [1.165, 1.54) is 0 Å².